The summed E-state index contributed by atoms with van der Waals surface area (Å²) in [6.07, 6.45) is 1.11. The molecule has 0 aromatic rings. The van der Waals surface area contributed by atoms with Crippen LogP contribution in [0, 0.1) is 0 Å². The molecule has 3 N–H and O–H groups in total. The maximum atomic E-state index is 12.9. The Morgan fingerprint density at radius 2 is 2.00 bits per heavy atom. The molecule has 0 saturated carbocycles. The Balaban J connectivity index is 1.72. The van der Waals surface area contributed by atoms with Crippen LogP contribution in [0.2, 0.25) is 0 Å². The van der Waals surface area contributed by atoms with Gasteiger partial charge in [-0.15, -0.1) is 0 Å². The molecule has 6 atom stereocenters. The van der Waals surface area contributed by atoms with Crippen LogP contribution in [0.5, 0.6) is 0 Å². The lowest BCUT2D eigenvalue weighted by Crippen LogP contribution is -2.63. The van der Waals surface area contributed by atoms with Crippen LogP contribution in [0.1, 0.15) is 26.7 Å². The largest absolute Gasteiger partial charge is 0.459 e. The first-order chi connectivity index (χ1) is 12.6. The minimum absolute atomic E-state index is 0.0796. The molecule has 0 unspecified atom stereocenters. The first-order valence-corrected chi connectivity index (χ1v) is 9.19. The number of epoxide rings is 1. The van der Waals surface area contributed by atoms with Crippen molar-refractivity contribution in [3.63, 3.8) is 0 Å². The van der Waals surface area contributed by atoms with E-state index in [1.165, 1.54) is 0 Å². The van der Waals surface area contributed by atoms with Crippen LogP contribution in [0.15, 0.2) is 11.6 Å². The molecule has 0 bridgehead atoms. The van der Waals surface area contributed by atoms with Crippen LogP contribution in [0.4, 0.5) is 0 Å². The van der Waals surface area contributed by atoms with Gasteiger partial charge in [0.05, 0.1) is 18.8 Å². The molecule has 4 aliphatic rings. The van der Waals surface area contributed by atoms with E-state index in [1.54, 1.807) is 6.92 Å². The van der Waals surface area contributed by atoms with E-state index in [2.05, 4.69) is 4.90 Å². The molecule has 27 heavy (non-hydrogen) atoms. The van der Waals surface area contributed by atoms with Gasteiger partial charge in [-0.3, -0.25) is 4.90 Å². The average molecular weight is 383 g/mol. The number of carbonyl (C=O) groups excluding carboxylic acids is 2. The Kier molecular flexibility index (Phi) is 4.17. The van der Waals surface area contributed by atoms with Crippen molar-refractivity contribution in [2.24, 2.45) is 0 Å². The number of aliphatic hydroxyl groups is 3. The highest BCUT2D eigenvalue weighted by Crippen LogP contribution is 2.47. The van der Waals surface area contributed by atoms with Gasteiger partial charge in [-0.05, 0) is 25.8 Å². The quantitative estimate of drug-likeness (QED) is 0.281. The van der Waals surface area contributed by atoms with Crippen molar-refractivity contribution in [2.75, 3.05) is 26.3 Å². The van der Waals surface area contributed by atoms with Gasteiger partial charge in [0.25, 0.3) is 0 Å². The number of cyclic esters (lactones) is 1. The maximum Gasteiger partial charge on any atom is 0.341 e. The Hall–Kier alpha value is -1.52. The topological polar surface area (TPSA) is 129 Å². The first-order valence-electron chi connectivity index (χ1n) is 9.19. The van der Waals surface area contributed by atoms with Crippen molar-refractivity contribution in [1.29, 1.82) is 0 Å². The SMILES string of the molecule is C[C@H]1O[C@]12C[C@@](O)(CO)[C@](C)(O)C(=O)OCC1=CCN3CC[C@@H](OC2=O)[C@@H]13. The molecule has 4 heterocycles. The molecular formula is C18H25NO8. The molecule has 1 spiro atoms. The lowest BCUT2D eigenvalue weighted by atomic mass is 9.77. The number of esters is 2. The second kappa shape index (κ2) is 5.99. The summed E-state index contributed by atoms with van der Waals surface area (Å²) >= 11 is 0. The van der Waals surface area contributed by atoms with Gasteiger partial charge in [0.1, 0.15) is 18.3 Å². The summed E-state index contributed by atoms with van der Waals surface area (Å²) in [5.74, 6) is -1.71. The molecule has 0 aromatic carbocycles. The highest BCUT2D eigenvalue weighted by atomic mass is 16.7. The highest BCUT2D eigenvalue weighted by molar-refractivity contribution is 5.85. The van der Waals surface area contributed by atoms with Crippen molar-refractivity contribution in [3.8, 4) is 0 Å². The Labute approximate surface area is 156 Å². The molecule has 9 nitrogen and oxygen atoms in total. The Morgan fingerprint density at radius 1 is 1.30 bits per heavy atom. The number of hydrogen-bond donors (Lipinski definition) is 3. The minimum Gasteiger partial charge on any atom is -0.459 e. The van der Waals surface area contributed by atoms with Gasteiger partial charge < -0.3 is 29.5 Å². The lowest BCUT2D eigenvalue weighted by Gasteiger charge is -2.39. The number of ether oxygens (including phenoxy) is 3. The zero-order valence-corrected chi connectivity index (χ0v) is 15.4. The van der Waals surface area contributed by atoms with Gasteiger partial charge in [0.15, 0.2) is 11.2 Å². The first kappa shape index (κ1) is 18.8. The third-order valence-corrected chi connectivity index (χ3v) is 6.49. The molecule has 4 rings (SSSR count). The fraction of sp³-hybridized carbons (Fsp3) is 0.778. The lowest BCUT2D eigenvalue weighted by molar-refractivity contribution is -0.208. The van der Waals surface area contributed by atoms with Crippen LogP contribution in [-0.4, -0.2) is 93.5 Å². The molecule has 3 saturated heterocycles. The normalized spacial score (nSPS) is 47.6. The number of nitrogens with zero attached hydrogens (tertiary/aromatic N) is 1. The van der Waals surface area contributed by atoms with E-state index in [1.807, 2.05) is 6.08 Å². The highest BCUT2D eigenvalue weighted by Gasteiger charge is 2.68. The van der Waals surface area contributed by atoms with Crippen molar-refractivity contribution < 1.29 is 39.1 Å². The summed E-state index contributed by atoms with van der Waals surface area (Å²) in [4.78, 5) is 27.6. The van der Waals surface area contributed by atoms with E-state index >= 15 is 0 Å². The fourth-order valence-electron chi connectivity index (χ4n) is 4.41. The monoisotopic (exact) mass is 383 g/mol. The smallest absolute Gasteiger partial charge is 0.341 e. The fourth-order valence-corrected chi connectivity index (χ4v) is 4.41. The van der Waals surface area contributed by atoms with Gasteiger partial charge >= 0.3 is 11.9 Å². The van der Waals surface area contributed by atoms with Gasteiger partial charge in [0.2, 0.25) is 0 Å². The standard InChI is InChI=1S/C18H25NO8/c1-10-18(27-10)8-17(24,9-20)16(2,23)14(21)25-7-11-3-5-19-6-4-12(13(11)19)26-15(18)22/h3,10,12-13,20,23-24H,4-9H2,1-2H3/t10-,12-,13-,16-,17-,18-/m1/s1. The van der Waals surface area contributed by atoms with Gasteiger partial charge in [0, 0.05) is 19.5 Å². The summed E-state index contributed by atoms with van der Waals surface area (Å²) < 4.78 is 16.5. The number of rotatable bonds is 1. The average Bonchev–Trinajstić information content (AvgIpc) is 2.97. The van der Waals surface area contributed by atoms with Gasteiger partial charge in [-0.1, -0.05) is 6.08 Å². The maximum absolute atomic E-state index is 12.9. The zero-order valence-electron chi connectivity index (χ0n) is 15.4. The minimum atomic E-state index is -2.44. The van der Waals surface area contributed by atoms with Crippen molar-refractivity contribution in [2.45, 2.75) is 61.7 Å². The van der Waals surface area contributed by atoms with Gasteiger partial charge in [-0.2, -0.15) is 0 Å². The third kappa shape index (κ3) is 2.64. The van der Waals surface area contributed by atoms with Crippen molar-refractivity contribution >= 4 is 11.9 Å². The summed E-state index contributed by atoms with van der Waals surface area (Å²) in [6.45, 7) is 3.09. The van der Waals surface area contributed by atoms with E-state index < -0.39 is 54.0 Å². The van der Waals surface area contributed by atoms with Crippen molar-refractivity contribution in [3.05, 3.63) is 11.6 Å². The van der Waals surface area contributed by atoms with E-state index in [0.29, 0.717) is 13.0 Å². The molecule has 9 heteroatoms. The third-order valence-electron chi connectivity index (χ3n) is 6.49. The second-order valence-electron chi connectivity index (χ2n) is 8.12. The summed E-state index contributed by atoms with van der Waals surface area (Å²) in [5.41, 5.74) is -5.50. The van der Waals surface area contributed by atoms with E-state index in [4.69, 9.17) is 14.2 Å². The predicted molar refractivity (Wildman–Crippen MR) is 89.5 cm³/mol. The van der Waals surface area contributed by atoms with Crippen LogP contribution in [0.25, 0.3) is 0 Å². The number of hydrogen-bond acceptors (Lipinski definition) is 9. The molecule has 150 valence electrons. The zero-order chi connectivity index (χ0) is 19.6. The summed E-state index contributed by atoms with van der Waals surface area (Å²) in [5, 5.41) is 31.3. The van der Waals surface area contributed by atoms with E-state index in [-0.39, 0.29) is 12.6 Å². The van der Waals surface area contributed by atoms with Crippen molar-refractivity contribution in [1.82, 2.24) is 4.90 Å². The second-order valence-corrected chi connectivity index (χ2v) is 8.12. The molecule has 3 fully saturated rings. The predicted octanol–water partition coefficient (Wildman–Crippen LogP) is -1.51. The molecule has 4 aliphatic heterocycles. The van der Waals surface area contributed by atoms with Crippen LogP contribution in [-0.2, 0) is 23.8 Å². The van der Waals surface area contributed by atoms with Crippen LogP contribution < -0.4 is 0 Å². The number of aliphatic hydroxyl groups excluding tert-OH is 1. The summed E-state index contributed by atoms with van der Waals surface area (Å²) in [6, 6.07) is -0.172. The molecule has 0 radical (unpaired) electrons. The molecule has 0 aromatic heterocycles. The number of carbonyl (C=O) groups is 2. The van der Waals surface area contributed by atoms with E-state index in [9.17, 15) is 24.9 Å². The Morgan fingerprint density at radius 3 is 2.63 bits per heavy atom. The molecule has 0 amide bonds. The van der Waals surface area contributed by atoms with E-state index in [0.717, 1.165) is 19.0 Å². The Bertz CT molecular complexity index is 705. The molecule has 0 aliphatic carbocycles. The summed E-state index contributed by atoms with van der Waals surface area (Å²) in [7, 11) is 0. The van der Waals surface area contributed by atoms with Gasteiger partial charge in [-0.25, -0.2) is 9.59 Å². The van der Waals surface area contributed by atoms with Crippen LogP contribution >= 0.6 is 0 Å². The van der Waals surface area contributed by atoms with Crippen LogP contribution in [0.3, 0.4) is 0 Å². The molecular weight excluding hydrogens is 358 g/mol.